The Morgan fingerprint density at radius 2 is 1.71 bits per heavy atom. The fourth-order valence-electron chi connectivity index (χ4n) is 2.34. The van der Waals surface area contributed by atoms with Gasteiger partial charge < -0.3 is 9.64 Å². The monoisotopic (exact) mass is 283 g/mol. The minimum absolute atomic E-state index is 0.0699. The van der Waals surface area contributed by atoms with Crippen molar-refractivity contribution in [3.63, 3.8) is 0 Å². The number of benzene rings is 2. The van der Waals surface area contributed by atoms with Crippen LogP contribution in [0.5, 0.6) is 5.75 Å². The van der Waals surface area contributed by atoms with Crippen LogP contribution in [0.15, 0.2) is 54.6 Å². The summed E-state index contributed by atoms with van der Waals surface area (Å²) >= 11 is 0. The van der Waals surface area contributed by atoms with E-state index in [2.05, 4.69) is 0 Å². The summed E-state index contributed by atoms with van der Waals surface area (Å²) < 4.78 is 18.1. The first kappa shape index (κ1) is 13.4. The zero-order valence-electron chi connectivity index (χ0n) is 11.5. The Morgan fingerprint density at radius 3 is 2.33 bits per heavy atom. The average Bonchev–Trinajstić information content (AvgIpc) is 2.90. The third-order valence-electron chi connectivity index (χ3n) is 3.49. The average molecular weight is 283 g/mol. The van der Waals surface area contributed by atoms with Gasteiger partial charge in [-0.3, -0.25) is 4.79 Å². The van der Waals surface area contributed by atoms with Crippen LogP contribution < -0.4 is 9.64 Å². The van der Waals surface area contributed by atoms with Crippen molar-refractivity contribution in [1.29, 1.82) is 0 Å². The molecule has 0 unspecified atom stereocenters. The Balaban J connectivity index is 1.82. The van der Waals surface area contributed by atoms with E-state index in [1.165, 1.54) is 12.1 Å². The van der Waals surface area contributed by atoms with Crippen LogP contribution in [-0.4, -0.2) is 19.6 Å². The number of hydrogen-bond donors (Lipinski definition) is 0. The van der Waals surface area contributed by atoms with Gasteiger partial charge in [0.1, 0.15) is 11.6 Å². The number of hydrogen-bond acceptors (Lipinski definition) is 2. The molecule has 4 heteroatoms. The van der Waals surface area contributed by atoms with Crippen LogP contribution in [0.4, 0.5) is 10.1 Å². The lowest BCUT2D eigenvalue weighted by atomic mass is 10.1. The van der Waals surface area contributed by atoms with E-state index in [1.807, 2.05) is 24.3 Å². The molecule has 3 nitrogen and oxygen atoms in total. The maximum Gasteiger partial charge on any atom is 0.251 e. The molecule has 2 aromatic carbocycles. The molecular weight excluding hydrogens is 269 g/mol. The molecule has 0 saturated carbocycles. The summed E-state index contributed by atoms with van der Waals surface area (Å²) in [5.74, 6) is 0.396. The second kappa shape index (κ2) is 5.40. The summed E-state index contributed by atoms with van der Waals surface area (Å²) in [5.41, 5.74) is 2.56. The van der Waals surface area contributed by atoms with E-state index in [-0.39, 0.29) is 11.7 Å². The van der Waals surface area contributed by atoms with Gasteiger partial charge in [0.2, 0.25) is 0 Å². The maximum atomic E-state index is 13.0. The van der Waals surface area contributed by atoms with E-state index in [0.717, 1.165) is 22.6 Å². The third kappa shape index (κ3) is 2.65. The molecule has 106 valence electrons. The number of halogens is 1. The highest BCUT2D eigenvalue weighted by Crippen LogP contribution is 2.28. The molecular formula is C17H14FNO2. The van der Waals surface area contributed by atoms with E-state index in [9.17, 15) is 9.18 Å². The summed E-state index contributed by atoms with van der Waals surface area (Å²) in [6, 6.07) is 13.5. The standard InChI is InChI=1S/C17H14FNO2/c1-21-16-8-6-15(7-9-16)19-11-13(10-17(19)20)12-2-4-14(18)5-3-12/h2-10H,11H2,1H3. The van der Waals surface area contributed by atoms with Crippen molar-refractivity contribution in [2.75, 3.05) is 18.6 Å². The van der Waals surface area contributed by atoms with Crippen molar-refractivity contribution in [3.05, 3.63) is 66.0 Å². The molecule has 0 N–H and O–H groups in total. The summed E-state index contributed by atoms with van der Waals surface area (Å²) in [4.78, 5) is 13.8. The summed E-state index contributed by atoms with van der Waals surface area (Å²) in [7, 11) is 1.60. The highest BCUT2D eigenvalue weighted by atomic mass is 19.1. The van der Waals surface area contributed by atoms with Gasteiger partial charge in [0.15, 0.2) is 0 Å². The topological polar surface area (TPSA) is 29.5 Å². The first-order valence-electron chi connectivity index (χ1n) is 6.59. The van der Waals surface area contributed by atoms with Crippen LogP contribution in [0.2, 0.25) is 0 Å². The van der Waals surface area contributed by atoms with Gasteiger partial charge in [-0.25, -0.2) is 4.39 Å². The minimum atomic E-state index is -0.282. The van der Waals surface area contributed by atoms with Crippen molar-refractivity contribution >= 4 is 17.2 Å². The SMILES string of the molecule is COc1ccc(N2CC(c3ccc(F)cc3)=CC2=O)cc1. The second-order valence-corrected chi connectivity index (χ2v) is 4.80. The number of anilines is 1. The van der Waals surface area contributed by atoms with Gasteiger partial charge in [-0.1, -0.05) is 12.1 Å². The van der Waals surface area contributed by atoms with Crippen LogP contribution in [0.25, 0.3) is 5.57 Å². The quantitative estimate of drug-likeness (QED) is 0.865. The van der Waals surface area contributed by atoms with Crippen LogP contribution in [0, 0.1) is 5.82 Å². The van der Waals surface area contributed by atoms with Crippen molar-refractivity contribution < 1.29 is 13.9 Å². The molecule has 0 aliphatic carbocycles. The summed E-state index contributed by atoms with van der Waals surface area (Å²) in [6.07, 6.45) is 1.59. The molecule has 1 aliphatic heterocycles. The molecule has 3 rings (SSSR count). The molecule has 0 aromatic heterocycles. The molecule has 21 heavy (non-hydrogen) atoms. The van der Waals surface area contributed by atoms with Gasteiger partial charge >= 0.3 is 0 Å². The zero-order valence-corrected chi connectivity index (χ0v) is 11.5. The summed E-state index contributed by atoms with van der Waals surface area (Å²) in [6.45, 7) is 0.483. The van der Waals surface area contributed by atoms with E-state index < -0.39 is 0 Å². The molecule has 0 saturated heterocycles. The molecule has 0 fully saturated rings. The van der Waals surface area contributed by atoms with Crippen molar-refractivity contribution in [3.8, 4) is 5.75 Å². The fourth-order valence-corrected chi connectivity index (χ4v) is 2.34. The number of carbonyl (C=O) groups excluding carboxylic acids is 1. The van der Waals surface area contributed by atoms with Gasteiger partial charge in [0.05, 0.1) is 13.7 Å². The van der Waals surface area contributed by atoms with Crippen LogP contribution in [0.1, 0.15) is 5.56 Å². The Labute approximate surface area is 122 Å². The first-order chi connectivity index (χ1) is 10.2. The summed E-state index contributed by atoms with van der Waals surface area (Å²) in [5, 5.41) is 0. The van der Waals surface area contributed by atoms with Gasteiger partial charge in [-0.15, -0.1) is 0 Å². The van der Waals surface area contributed by atoms with Crippen molar-refractivity contribution in [2.45, 2.75) is 0 Å². The Hall–Kier alpha value is -2.62. The molecule has 0 spiro atoms. The number of amides is 1. The van der Waals surface area contributed by atoms with Crippen LogP contribution >= 0.6 is 0 Å². The van der Waals surface area contributed by atoms with Crippen molar-refractivity contribution in [2.24, 2.45) is 0 Å². The third-order valence-corrected chi connectivity index (χ3v) is 3.49. The molecule has 0 atom stereocenters. The number of nitrogens with zero attached hydrogens (tertiary/aromatic N) is 1. The smallest absolute Gasteiger partial charge is 0.251 e. The van der Waals surface area contributed by atoms with Crippen LogP contribution in [0.3, 0.4) is 0 Å². The highest BCUT2D eigenvalue weighted by Gasteiger charge is 2.23. The largest absolute Gasteiger partial charge is 0.497 e. The first-order valence-corrected chi connectivity index (χ1v) is 6.59. The fraction of sp³-hybridized carbons (Fsp3) is 0.118. The van der Waals surface area contributed by atoms with Crippen LogP contribution in [-0.2, 0) is 4.79 Å². The molecule has 1 heterocycles. The predicted octanol–water partition coefficient (Wildman–Crippen LogP) is 3.26. The van der Waals surface area contributed by atoms with Gasteiger partial charge in [0.25, 0.3) is 5.91 Å². The Morgan fingerprint density at radius 1 is 1.05 bits per heavy atom. The van der Waals surface area contributed by atoms with Crippen molar-refractivity contribution in [1.82, 2.24) is 0 Å². The normalized spacial score (nSPS) is 14.3. The number of carbonyl (C=O) groups is 1. The van der Waals surface area contributed by atoms with E-state index in [1.54, 1.807) is 30.2 Å². The number of ether oxygens (including phenoxy) is 1. The second-order valence-electron chi connectivity index (χ2n) is 4.80. The van der Waals surface area contributed by atoms with E-state index >= 15 is 0 Å². The van der Waals surface area contributed by atoms with Gasteiger partial charge in [0, 0.05) is 11.8 Å². The molecule has 2 aromatic rings. The van der Waals surface area contributed by atoms with Gasteiger partial charge in [-0.2, -0.15) is 0 Å². The Kier molecular flexibility index (Phi) is 3.44. The maximum absolute atomic E-state index is 13.0. The molecule has 1 aliphatic rings. The lowest BCUT2D eigenvalue weighted by Crippen LogP contribution is -2.24. The number of rotatable bonds is 3. The van der Waals surface area contributed by atoms with E-state index in [0.29, 0.717) is 6.54 Å². The Bertz CT molecular complexity index is 690. The van der Waals surface area contributed by atoms with Gasteiger partial charge in [-0.05, 0) is 47.5 Å². The molecule has 0 radical (unpaired) electrons. The highest BCUT2D eigenvalue weighted by molar-refractivity contribution is 6.11. The minimum Gasteiger partial charge on any atom is -0.497 e. The lowest BCUT2D eigenvalue weighted by Gasteiger charge is -2.17. The molecule has 0 bridgehead atoms. The molecule has 1 amide bonds. The van der Waals surface area contributed by atoms with E-state index in [4.69, 9.17) is 4.74 Å². The predicted molar refractivity (Wildman–Crippen MR) is 79.7 cm³/mol. The zero-order chi connectivity index (χ0) is 14.8. The lowest BCUT2D eigenvalue weighted by molar-refractivity contribution is -0.113. The number of methoxy groups -OCH3 is 1.